The smallest absolute Gasteiger partial charge is 0.313 e. The molecule has 1 atom stereocenters. The maximum absolute atomic E-state index is 12.0. The van der Waals surface area contributed by atoms with Crippen molar-refractivity contribution < 1.29 is 19.4 Å². The molecule has 1 unspecified atom stereocenters. The highest BCUT2D eigenvalue weighted by molar-refractivity contribution is 7.99. The Morgan fingerprint density at radius 2 is 2.29 bits per heavy atom. The van der Waals surface area contributed by atoms with Gasteiger partial charge in [-0.05, 0) is 6.92 Å². The fraction of sp³-hybridized carbons (Fsp3) is 0.500. The number of rotatable bonds is 8. The SMILES string of the molecule is COCCNC(=O)C(C)n1ccc(=O)nc1SCC(=O)O. The van der Waals surface area contributed by atoms with Gasteiger partial charge in [-0.15, -0.1) is 0 Å². The van der Waals surface area contributed by atoms with E-state index in [1.54, 1.807) is 6.92 Å². The van der Waals surface area contributed by atoms with E-state index in [2.05, 4.69) is 10.3 Å². The molecule has 0 aromatic carbocycles. The van der Waals surface area contributed by atoms with Crippen LogP contribution >= 0.6 is 11.8 Å². The van der Waals surface area contributed by atoms with Crippen LogP contribution in [0.4, 0.5) is 0 Å². The van der Waals surface area contributed by atoms with Gasteiger partial charge in [0.25, 0.3) is 5.56 Å². The molecule has 2 N–H and O–H groups in total. The molecule has 0 bridgehead atoms. The normalized spacial score (nSPS) is 11.9. The first-order chi connectivity index (χ1) is 9.95. The Morgan fingerprint density at radius 1 is 1.57 bits per heavy atom. The molecule has 0 fully saturated rings. The molecular weight excluding hydrogens is 298 g/mol. The number of aromatic nitrogens is 2. The number of carbonyl (C=O) groups excluding carboxylic acids is 1. The van der Waals surface area contributed by atoms with Gasteiger partial charge >= 0.3 is 5.97 Å². The molecule has 0 spiro atoms. The molecule has 9 heteroatoms. The van der Waals surface area contributed by atoms with Crippen LogP contribution in [-0.4, -0.2) is 52.5 Å². The third-order valence-electron chi connectivity index (χ3n) is 2.53. The molecule has 21 heavy (non-hydrogen) atoms. The second kappa shape index (κ2) is 8.42. The van der Waals surface area contributed by atoms with Crippen LogP contribution in [-0.2, 0) is 14.3 Å². The van der Waals surface area contributed by atoms with Crippen LogP contribution in [0.5, 0.6) is 0 Å². The van der Waals surface area contributed by atoms with Gasteiger partial charge in [-0.1, -0.05) is 11.8 Å². The number of hydrogen-bond acceptors (Lipinski definition) is 6. The van der Waals surface area contributed by atoms with E-state index >= 15 is 0 Å². The molecule has 1 amide bonds. The van der Waals surface area contributed by atoms with E-state index < -0.39 is 17.6 Å². The first-order valence-electron chi connectivity index (χ1n) is 6.16. The first kappa shape index (κ1) is 17.2. The van der Waals surface area contributed by atoms with Crippen LogP contribution in [0.25, 0.3) is 0 Å². The summed E-state index contributed by atoms with van der Waals surface area (Å²) in [6.45, 7) is 2.39. The van der Waals surface area contributed by atoms with E-state index in [1.807, 2.05) is 0 Å². The average Bonchev–Trinajstić information content (AvgIpc) is 2.44. The first-order valence-corrected chi connectivity index (χ1v) is 7.14. The molecule has 0 aliphatic heterocycles. The maximum atomic E-state index is 12.0. The Balaban J connectivity index is 2.86. The van der Waals surface area contributed by atoms with Crippen molar-refractivity contribution in [2.45, 2.75) is 18.1 Å². The number of carboxylic acids is 1. The van der Waals surface area contributed by atoms with Gasteiger partial charge in [0, 0.05) is 25.9 Å². The molecule has 0 aliphatic rings. The number of carbonyl (C=O) groups is 2. The number of methoxy groups -OCH3 is 1. The third-order valence-corrected chi connectivity index (χ3v) is 3.48. The van der Waals surface area contributed by atoms with Gasteiger partial charge in [0.15, 0.2) is 5.16 Å². The molecule has 1 rings (SSSR count). The van der Waals surface area contributed by atoms with Gasteiger partial charge in [-0.25, -0.2) is 0 Å². The van der Waals surface area contributed by atoms with Crippen molar-refractivity contribution in [1.29, 1.82) is 0 Å². The van der Waals surface area contributed by atoms with Crippen molar-refractivity contribution in [2.24, 2.45) is 0 Å². The summed E-state index contributed by atoms with van der Waals surface area (Å²) in [6.07, 6.45) is 1.43. The van der Waals surface area contributed by atoms with Crippen LogP contribution in [0.2, 0.25) is 0 Å². The van der Waals surface area contributed by atoms with Crippen LogP contribution in [0, 0.1) is 0 Å². The highest BCUT2D eigenvalue weighted by Crippen LogP contribution is 2.18. The summed E-state index contributed by atoms with van der Waals surface area (Å²) in [6, 6.07) is 0.607. The van der Waals surface area contributed by atoms with Crippen molar-refractivity contribution in [3.63, 3.8) is 0 Å². The standard InChI is InChI=1S/C12H17N3O5S/c1-8(11(19)13-4-6-20-2)15-5-3-9(16)14-12(15)21-7-10(17)18/h3,5,8H,4,6-7H2,1-2H3,(H,13,19)(H,17,18). The lowest BCUT2D eigenvalue weighted by Crippen LogP contribution is -2.34. The lowest BCUT2D eigenvalue weighted by Gasteiger charge is -2.18. The summed E-state index contributed by atoms with van der Waals surface area (Å²) in [5.41, 5.74) is -0.480. The second-order valence-corrected chi connectivity index (χ2v) is 5.04. The number of carboxylic acid groups (broad SMARTS) is 1. The number of amides is 1. The van der Waals surface area contributed by atoms with Crippen molar-refractivity contribution >= 4 is 23.6 Å². The van der Waals surface area contributed by atoms with E-state index in [4.69, 9.17) is 9.84 Å². The quantitative estimate of drug-likeness (QED) is 0.386. The third kappa shape index (κ3) is 5.56. The second-order valence-electron chi connectivity index (χ2n) is 4.10. The fourth-order valence-corrected chi connectivity index (χ4v) is 2.25. The van der Waals surface area contributed by atoms with Crippen LogP contribution < -0.4 is 10.9 Å². The minimum atomic E-state index is -1.03. The number of aliphatic carboxylic acids is 1. The Hall–Kier alpha value is -1.87. The lowest BCUT2D eigenvalue weighted by molar-refractivity contribution is -0.133. The molecular formula is C12H17N3O5S. The summed E-state index contributed by atoms with van der Waals surface area (Å²) >= 11 is 0.891. The van der Waals surface area contributed by atoms with E-state index in [0.29, 0.717) is 13.2 Å². The summed E-state index contributed by atoms with van der Waals surface area (Å²) in [4.78, 5) is 37.6. The van der Waals surface area contributed by atoms with Crippen LogP contribution in [0.1, 0.15) is 13.0 Å². The minimum absolute atomic E-state index is 0.194. The maximum Gasteiger partial charge on any atom is 0.313 e. The monoisotopic (exact) mass is 315 g/mol. The molecule has 1 heterocycles. The average molecular weight is 315 g/mol. The zero-order chi connectivity index (χ0) is 15.8. The van der Waals surface area contributed by atoms with Crippen molar-refractivity contribution in [1.82, 2.24) is 14.9 Å². The summed E-state index contributed by atoms with van der Waals surface area (Å²) in [5, 5.41) is 11.6. The molecule has 1 aromatic heterocycles. The topological polar surface area (TPSA) is 111 Å². The van der Waals surface area contributed by atoms with Crippen LogP contribution in [0.3, 0.4) is 0 Å². The minimum Gasteiger partial charge on any atom is -0.481 e. The van der Waals surface area contributed by atoms with Crippen LogP contribution in [0.15, 0.2) is 22.2 Å². The number of nitrogens with one attached hydrogen (secondary N) is 1. The van der Waals surface area contributed by atoms with Gasteiger partial charge in [0.1, 0.15) is 6.04 Å². The molecule has 0 radical (unpaired) electrons. The summed E-state index contributed by atoms with van der Waals surface area (Å²) in [5.74, 6) is -1.54. The molecule has 1 aromatic rings. The number of hydrogen-bond donors (Lipinski definition) is 2. The summed E-state index contributed by atoms with van der Waals surface area (Å²) < 4.78 is 6.31. The highest BCUT2D eigenvalue weighted by Gasteiger charge is 2.18. The highest BCUT2D eigenvalue weighted by atomic mass is 32.2. The van der Waals surface area contributed by atoms with Gasteiger partial charge in [0.05, 0.1) is 12.4 Å². The fourth-order valence-electron chi connectivity index (χ4n) is 1.48. The number of thioether (sulfide) groups is 1. The van der Waals surface area contributed by atoms with E-state index in [-0.39, 0.29) is 16.8 Å². The van der Waals surface area contributed by atoms with E-state index in [0.717, 1.165) is 11.8 Å². The Morgan fingerprint density at radius 3 is 2.90 bits per heavy atom. The molecule has 0 saturated heterocycles. The van der Waals surface area contributed by atoms with Gasteiger partial charge in [-0.2, -0.15) is 4.98 Å². The van der Waals surface area contributed by atoms with Gasteiger partial charge < -0.3 is 19.7 Å². The molecule has 116 valence electrons. The largest absolute Gasteiger partial charge is 0.481 e. The molecule has 0 saturated carbocycles. The van der Waals surface area contributed by atoms with Gasteiger partial charge in [0.2, 0.25) is 5.91 Å². The predicted molar refractivity (Wildman–Crippen MR) is 76.5 cm³/mol. The number of ether oxygens (including phenoxy) is 1. The van der Waals surface area contributed by atoms with Crippen molar-refractivity contribution in [3.8, 4) is 0 Å². The zero-order valence-electron chi connectivity index (χ0n) is 11.7. The molecule has 0 aliphatic carbocycles. The van der Waals surface area contributed by atoms with Crippen molar-refractivity contribution in [2.75, 3.05) is 26.0 Å². The number of nitrogens with zero attached hydrogens (tertiary/aromatic N) is 2. The van der Waals surface area contributed by atoms with Crippen molar-refractivity contribution in [3.05, 3.63) is 22.6 Å². The Kier molecular flexibility index (Phi) is 6.89. The zero-order valence-corrected chi connectivity index (χ0v) is 12.6. The van der Waals surface area contributed by atoms with Gasteiger partial charge in [-0.3, -0.25) is 14.4 Å². The summed E-state index contributed by atoms with van der Waals surface area (Å²) in [7, 11) is 1.53. The Bertz CT molecular complexity index is 560. The van der Waals surface area contributed by atoms with E-state index in [1.165, 1.54) is 23.9 Å². The lowest BCUT2D eigenvalue weighted by atomic mass is 10.3. The molecule has 8 nitrogen and oxygen atoms in total. The van der Waals surface area contributed by atoms with E-state index in [9.17, 15) is 14.4 Å². The predicted octanol–water partition coefficient (Wildman–Crippen LogP) is -0.256. The Labute approximate surface area is 125 Å².